The van der Waals surface area contributed by atoms with Gasteiger partial charge in [0.25, 0.3) is 0 Å². The largest absolute Gasteiger partial charge is 0.241 e. The molecule has 0 aromatic rings. The van der Waals surface area contributed by atoms with Crippen molar-refractivity contribution < 1.29 is 35.1 Å². The Balaban J connectivity index is 2.10. The van der Waals surface area contributed by atoms with Crippen LogP contribution in [0.1, 0.15) is 0 Å². The molecule has 0 aliphatic heterocycles. The molecule has 0 heterocycles. The van der Waals surface area contributed by atoms with E-state index in [1.54, 1.807) is 0 Å². The third-order valence-electron chi connectivity index (χ3n) is 6.61. The first kappa shape index (κ1) is 23.3. The maximum absolute atomic E-state index is 15.3. The normalized spacial score (nSPS) is 36.2. The molecule has 0 radical (unpaired) electrons. The van der Waals surface area contributed by atoms with Crippen molar-refractivity contribution in [2.75, 3.05) is 0 Å². The Morgan fingerprint density at radius 2 is 0.676 bits per heavy atom. The van der Waals surface area contributed by atoms with E-state index < -0.39 is 105 Å². The summed E-state index contributed by atoms with van der Waals surface area (Å²) in [7, 11) is 0. The molecule has 8 unspecified atom stereocenters. The van der Waals surface area contributed by atoms with E-state index in [1.807, 2.05) is 0 Å². The second-order valence-corrected chi connectivity index (χ2v) is 7.93. The minimum atomic E-state index is -2.94. The molecule has 0 bridgehead atoms. The van der Waals surface area contributed by atoms with E-state index in [0.29, 0.717) is 0 Å². The van der Waals surface area contributed by atoms with Crippen LogP contribution in [0.15, 0.2) is 56.7 Å². The second-order valence-electron chi connectivity index (χ2n) is 7.93. The van der Waals surface area contributed by atoms with E-state index in [-0.39, 0.29) is 0 Å². The lowest BCUT2D eigenvalue weighted by Crippen LogP contribution is -2.51. The van der Waals surface area contributed by atoms with Gasteiger partial charge in [0.05, 0.1) is 23.7 Å². The molecule has 2 fully saturated rings. The van der Waals surface area contributed by atoms with Crippen molar-refractivity contribution in [2.24, 2.45) is 23.7 Å². The van der Waals surface area contributed by atoms with Gasteiger partial charge in [0.15, 0.2) is 0 Å². The lowest BCUT2D eigenvalue weighted by atomic mass is 9.56. The highest BCUT2D eigenvalue weighted by Crippen LogP contribution is 2.63. The van der Waals surface area contributed by atoms with Crippen molar-refractivity contribution in [1.82, 2.24) is 0 Å². The first-order valence-corrected chi connectivity index (χ1v) is 9.57. The second kappa shape index (κ2) is 7.85. The van der Waals surface area contributed by atoms with Crippen molar-refractivity contribution in [3.8, 4) is 24.3 Å². The van der Waals surface area contributed by atoms with Crippen LogP contribution in [0.25, 0.3) is 0 Å². The molecule has 34 heavy (non-hydrogen) atoms. The van der Waals surface area contributed by atoms with Crippen LogP contribution < -0.4 is 0 Å². The van der Waals surface area contributed by atoms with Crippen LogP contribution in [0.5, 0.6) is 0 Å². The summed E-state index contributed by atoms with van der Waals surface area (Å²) in [5, 5.41) is 36.0. The van der Waals surface area contributed by atoms with Gasteiger partial charge in [-0.2, -0.15) is 21.0 Å². The summed E-state index contributed by atoms with van der Waals surface area (Å²) >= 11 is 0. The monoisotopic (exact) mass is 480 g/mol. The fourth-order valence-corrected chi connectivity index (χ4v) is 5.27. The Labute approximate surface area is 186 Å². The molecule has 2 saturated carbocycles. The molecule has 0 amide bonds. The minimum absolute atomic E-state index is 0.966. The van der Waals surface area contributed by atoms with E-state index in [4.69, 9.17) is 21.0 Å². The van der Waals surface area contributed by atoms with Gasteiger partial charge in [-0.25, -0.2) is 35.1 Å². The number of alkyl halides is 4. The first-order chi connectivity index (χ1) is 16.1. The summed E-state index contributed by atoms with van der Waals surface area (Å²) in [5.41, 5.74) is -7.02. The zero-order chi connectivity index (χ0) is 25.2. The minimum Gasteiger partial charge on any atom is -0.241 e. The molecule has 0 aromatic carbocycles. The molecule has 0 saturated heterocycles. The molecule has 4 rings (SSSR count). The van der Waals surface area contributed by atoms with E-state index in [9.17, 15) is 0 Å². The molecule has 0 N–H and O–H groups in total. The van der Waals surface area contributed by atoms with Gasteiger partial charge < -0.3 is 0 Å². The Morgan fingerprint density at radius 3 is 0.853 bits per heavy atom. The number of nitrogens with zero attached hydrogens (tertiary/aromatic N) is 4. The van der Waals surface area contributed by atoms with Gasteiger partial charge in [0, 0.05) is 11.1 Å². The predicted octanol–water partition coefficient (Wildman–Crippen LogP) is 5.14. The number of nitriles is 4. The van der Waals surface area contributed by atoms with Crippen molar-refractivity contribution in [3.63, 3.8) is 0 Å². The lowest BCUT2D eigenvalue weighted by Gasteiger charge is -2.50. The molecule has 4 nitrogen and oxygen atoms in total. The summed E-state index contributed by atoms with van der Waals surface area (Å²) in [5.74, 6) is -18.2. The van der Waals surface area contributed by atoms with E-state index in [1.165, 1.54) is 0 Å². The maximum Gasteiger partial charge on any atom is 0.142 e. The summed E-state index contributed by atoms with van der Waals surface area (Å²) < 4.78 is 122. The van der Waals surface area contributed by atoms with Crippen LogP contribution in [0.3, 0.4) is 0 Å². The van der Waals surface area contributed by atoms with Crippen molar-refractivity contribution in [2.45, 2.75) is 24.7 Å². The van der Waals surface area contributed by atoms with Crippen LogP contribution >= 0.6 is 0 Å². The SMILES string of the molecule is N#CC(C#N)=C1C(F)C2C(F)=C(F)C3C4=C2C(C(F)=C(F)C4C(F)C(=C(C#N)C#N)C3F)C1F. The number of rotatable bonds is 0. The number of hydrogen-bond donors (Lipinski definition) is 0. The van der Waals surface area contributed by atoms with Crippen molar-refractivity contribution in [3.05, 3.63) is 56.7 Å². The van der Waals surface area contributed by atoms with Gasteiger partial charge >= 0.3 is 0 Å². The highest BCUT2D eigenvalue weighted by Gasteiger charge is 2.63. The summed E-state index contributed by atoms with van der Waals surface area (Å²) in [6.45, 7) is 0. The van der Waals surface area contributed by atoms with Gasteiger partial charge in [0.2, 0.25) is 0 Å². The molecule has 0 spiro atoms. The Bertz CT molecular complexity index is 1150. The highest BCUT2D eigenvalue weighted by molar-refractivity contribution is 5.60. The Kier molecular flexibility index (Phi) is 5.37. The third-order valence-corrected chi connectivity index (χ3v) is 6.61. The van der Waals surface area contributed by atoms with Gasteiger partial charge in [-0.1, -0.05) is 0 Å². The maximum atomic E-state index is 15.3. The average molecular weight is 480 g/mol. The molecule has 8 atom stereocenters. The van der Waals surface area contributed by atoms with Gasteiger partial charge in [-0.05, 0) is 11.1 Å². The topological polar surface area (TPSA) is 95.2 Å². The first-order valence-electron chi connectivity index (χ1n) is 9.57. The fraction of sp³-hybridized carbons (Fsp3) is 0.364. The summed E-state index contributed by atoms with van der Waals surface area (Å²) in [6.07, 6.45) is -11.8. The smallest absolute Gasteiger partial charge is 0.142 e. The lowest BCUT2D eigenvalue weighted by molar-refractivity contribution is 0.109. The molecule has 0 aromatic heterocycles. The zero-order valence-corrected chi connectivity index (χ0v) is 16.4. The van der Waals surface area contributed by atoms with Crippen LogP contribution in [0.4, 0.5) is 35.1 Å². The van der Waals surface area contributed by atoms with Gasteiger partial charge in [-0.15, -0.1) is 0 Å². The van der Waals surface area contributed by atoms with E-state index in [2.05, 4.69) is 0 Å². The van der Waals surface area contributed by atoms with E-state index in [0.717, 1.165) is 24.3 Å². The molecule has 4 aliphatic rings. The Hall–Kier alpha value is -3.90. The molecule has 172 valence electrons. The average Bonchev–Trinajstić information content (AvgIpc) is 2.80. The predicted molar refractivity (Wildman–Crippen MR) is 95.6 cm³/mol. The van der Waals surface area contributed by atoms with Crippen LogP contribution in [-0.2, 0) is 0 Å². The molecule has 4 aliphatic carbocycles. The fourth-order valence-electron chi connectivity index (χ4n) is 5.27. The number of hydrogen-bond acceptors (Lipinski definition) is 4. The standard InChI is InChI=1S/C22H8F8N4/c23-15-7(5(1-31)2-32)16(24)12-9-10-13(21(29)19(27)11(9)15)17(25)8(6(3-33)4-34)18(26)14(10)22(30)20(12)28/h11-18H. The van der Waals surface area contributed by atoms with Crippen LogP contribution in [-0.4, -0.2) is 24.7 Å². The van der Waals surface area contributed by atoms with Crippen LogP contribution in [0.2, 0.25) is 0 Å². The molecular weight excluding hydrogens is 472 g/mol. The van der Waals surface area contributed by atoms with Crippen molar-refractivity contribution >= 4 is 0 Å². The van der Waals surface area contributed by atoms with Crippen LogP contribution in [0, 0.1) is 69.0 Å². The number of allylic oxidation sites excluding steroid dienone is 10. The zero-order valence-electron chi connectivity index (χ0n) is 16.4. The molecular formula is C22H8F8N4. The van der Waals surface area contributed by atoms with Gasteiger partial charge in [-0.3, -0.25) is 0 Å². The summed E-state index contributed by atoms with van der Waals surface area (Å²) in [4.78, 5) is 0. The quantitative estimate of drug-likeness (QED) is 0.272. The Morgan fingerprint density at radius 1 is 0.471 bits per heavy atom. The van der Waals surface area contributed by atoms with E-state index >= 15 is 35.1 Å². The number of halogens is 8. The highest BCUT2D eigenvalue weighted by atomic mass is 19.2. The van der Waals surface area contributed by atoms with Crippen molar-refractivity contribution in [1.29, 1.82) is 21.0 Å². The summed E-state index contributed by atoms with van der Waals surface area (Å²) in [6, 6.07) is 4.64. The molecule has 12 heteroatoms. The van der Waals surface area contributed by atoms with Gasteiger partial charge in [0.1, 0.15) is 83.4 Å². The third kappa shape index (κ3) is 2.66.